The fourth-order valence-electron chi connectivity index (χ4n) is 1.87. The maximum absolute atomic E-state index is 8.88. The summed E-state index contributed by atoms with van der Waals surface area (Å²) in [4.78, 5) is 0. The van der Waals surface area contributed by atoms with Gasteiger partial charge in [0.2, 0.25) is 0 Å². The number of nitrogens with two attached hydrogens (primary N) is 1. The smallest absolute Gasteiger partial charge is 0.154 e. The van der Waals surface area contributed by atoms with Crippen molar-refractivity contribution in [2.45, 2.75) is 13.3 Å². The molecule has 2 aromatic rings. The Morgan fingerprint density at radius 2 is 1.75 bits per heavy atom. The molecule has 0 saturated heterocycles. The number of rotatable bonds is 6. The number of hydrogen-bond acceptors (Lipinski definition) is 4. The minimum atomic E-state index is 0.142. The predicted octanol–water partition coefficient (Wildman–Crippen LogP) is 2.99. The summed E-state index contributed by atoms with van der Waals surface area (Å²) < 4.78 is 11.2. The van der Waals surface area contributed by atoms with Crippen molar-refractivity contribution in [1.29, 1.82) is 0 Å². The summed E-state index contributed by atoms with van der Waals surface area (Å²) in [5, 5.41) is 8.88. The number of para-hydroxylation sites is 1. The predicted molar refractivity (Wildman–Crippen MR) is 79.3 cm³/mol. The van der Waals surface area contributed by atoms with Gasteiger partial charge in [-0.2, -0.15) is 0 Å². The average molecular weight is 273 g/mol. The monoisotopic (exact) mass is 273 g/mol. The molecule has 0 atom stereocenters. The molecule has 106 valence electrons. The second-order valence-electron chi connectivity index (χ2n) is 4.32. The molecule has 4 heteroatoms. The van der Waals surface area contributed by atoms with Crippen LogP contribution < -0.4 is 15.2 Å². The van der Waals surface area contributed by atoms with Gasteiger partial charge in [-0.05, 0) is 43.2 Å². The van der Waals surface area contributed by atoms with E-state index in [0.29, 0.717) is 36.0 Å². The van der Waals surface area contributed by atoms with Crippen molar-refractivity contribution >= 4 is 5.69 Å². The van der Waals surface area contributed by atoms with E-state index in [2.05, 4.69) is 0 Å². The van der Waals surface area contributed by atoms with Gasteiger partial charge in [0.05, 0.1) is 6.61 Å². The van der Waals surface area contributed by atoms with Crippen molar-refractivity contribution in [1.82, 2.24) is 0 Å². The Labute approximate surface area is 118 Å². The summed E-state index contributed by atoms with van der Waals surface area (Å²) in [6.07, 6.45) is 0.641. The standard InChI is InChI=1S/C16H19NO3/c1-2-19-14-4-3-5-15(16(14)17)20-13-8-6-12(7-9-13)10-11-18/h3-9,18H,2,10-11,17H2,1H3. The van der Waals surface area contributed by atoms with Crippen LogP contribution >= 0.6 is 0 Å². The third-order valence-corrected chi connectivity index (χ3v) is 2.88. The number of ether oxygens (including phenoxy) is 2. The Kier molecular flexibility index (Phi) is 4.85. The summed E-state index contributed by atoms with van der Waals surface area (Å²) in [6.45, 7) is 2.61. The van der Waals surface area contributed by atoms with E-state index in [9.17, 15) is 0 Å². The number of aliphatic hydroxyl groups excluding tert-OH is 1. The van der Waals surface area contributed by atoms with Gasteiger partial charge in [0.25, 0.3) is 0 Å². The fraction of sp³-hybridized carbons (Fsp3) is 0.250. The summed E-state index contributed by atoms with van der Waals surface area (Å²) in [6, 6.07) is 13.0. The van der Waals surface area contributed by atoms with Gasteiger partial charge in [-0.1, -0.05) is 18.2 Å². The van der Waals surface area contributed by atoms with Crippen LogP contribution in [0.5, 0.6) is 17.2 Å². The van der Waals surface area contributed by atoms with E-state index < -0.39 is 0 Å². The number of anilines is 1. The third-order valence-electron chi connectivity index (χ3n) is 2.88. The Morgan fingerprint density at radius 3 is 2.40 bits per heavy atom. The topological polar surface area (TPSA) is 64.7 Å². The molecular formula is C16H19NO3. The number of nitrogen functional groups attached to an aromatic ring is 1. The van der Waals surface area contributed by atoms with Gasteiger partial charge >= 0.3 is 0 Å². The van der Waals surface area contributed by atoms with E-state index in [4.69, 9.17) is 20.3 Å². The zero-order chi connectivity index (χ0) is 14.4. The molecule has 2 aromatic carbocycles. The maximum atomic E-state index is 8.88. The van der Waals surface area contributed by atoms with E-state index in [1.165, 1.54) is 0 Å². The Balaban J connectivity index is 2.15. The first-order chi connectivity index (χ1) is 9.74. The normalized spacial score (nSPS) is 10.3. The van der Waals surface area contributed by atoms with Crippen LogP contribution in [0.25, 0.3) is 0 Å². The van der Waals surface area contributed by atoms with Crippen LogP contribution in [0, 0.1) is 0 Å². The minimum Gasteiger partial charge on any atom is -0.492 e. The third kappa shape index (κ3) is 3.42. The molecule has 20 heavy (non-hydrogen) atoms. The van der Waals surface area contributed by atoms with Gasteiger partial charge in [0.1, 0.15) is 17.2 Å². The second kappa shape index (κ2) is 6.82. The average Bonchev–Trinajstić information content (AvgIpc) is 2.46. The van der Waals surface area contributed by atoms with Crippen LogP contribution in [0.2, 0.25) is 0 Å². The molecule has 4 nitrogen and oxygen atoms in total. The largest absolute Gasteiger partial charge is 0.492 e. The molecule has 0 heterocycles. The molecule has 0 aliphatic carbocycles. The summed E-state index contributed by atoms with van der Waals surface area (Å²) in [5.74, 6) is 1.90. The first kappa shape index (κ1) is 14.2. The van der Waals surface area contributed by atoms with Crippen molar-refractivity contribution in [2.24, 2.45) is 0 Å². The van der Waals surface area contributed by atoms with Crippen molar-refractivity contribution in [3.05, 3.63) is 48.0 Å². The minimum absolute atomic E-state index is 0.142. The van der Waals surface area contributed by atoms with Crippen molar-refractivity contribution in [3.8, 4) is 17.2 Å². The van der Waals surface area contributed by atoms with Crippen LogP contribution in [0.4, 0.5) is 5.69 Å². The highest BCUT2D eigenvalue weighted by Crippen LogP contribution is 2.34. The lowest BCUT2D eigenvalue weighted by Crippen LogP contribution is -1.99. The fourth-order valence-corrected chi connectivity index (χ4v) is 1.87. The van der Waals surface area contributed by atoms with E-state index in [-0.39, 0.29) is 6.61 Å². The van der Waals surface area contributed by atoms with E-state index in [1.54, 1.807) is 6.07 Å². The van der Waals surface area contributed by atoms with Gasteiger partial charge in [-0.15, -0.1) is 0 Å². The summed E-state index contributed by atoms with van der Waals surface area (Å²) in [7, 11) is 0. The van der Waals surface area contributed by atoms with Crippen molar-refractivity contribution < 1.29 is 14.6 Å². The quantitative estimate of drug-likeness (QED) is 0.794. The van der Waals surface area contributed by atoms with Gasteiger partial charge in [-0.3, -0.25) is 0 Å². The van der Waals surface area contributed by atoms with Gasteiger partial charge in [0.15, 0.2) is 5.75 Å². The molecule has 0 amide bonds. The maximum Gasteiger partial charge on any atom is 0.154 e. The molecule has 0 aliphatic heterocycles. The second-order valence-corrected chi connectivity index (χ2v) is 4.32. The lowest BCUT2D eigenvalue weighted by molar-refractivity contribution is 0.299. The molecule has 0 radical (unpaired) electrons. The number of aliphatic hydroxyl groups is 1. The molecule has 0 saturated carbocycles. The van der Waals surface area contributed by atoms with Crippen LogP contribution in [0.3, 0.4) is 0 Å². The number of benzene rings is 2. The van der Waals surface area contributed by atoms with Crippen LogP contribution in [0.15, 0.2) is 42.5 Å². The van der Waals surface area contributed by atoms with Crippen LogP contribution in [0.1, 0.15) is 12.5 Å². The van der Waals surface area contributed by atoms with Gasteiger partial charge in [0, 0.05) is 6.61 Å². The zero-order valence-electron chi connectivity index (χ0n) is 11.5. The summed E-state index contributed by atoms with van der Waals surface area (Å²) in [5.41, 5.74) is 7.57. The van der Waals surface area contributed by atoms with Crippen molar-refractivity contribution in [3.63, 3.8) is 0 Å². The lowest BCUT2D eigenvalue weighted by atomic mass is 10.1. The Morgan fingerprint density at radius 1 is 1.05 bits per heavy atom. The number of hydrogen-bond donors (Lipinski definition) is 2. The molecule has 3 N–H and O–H groups in total. The van der Waals surface area contributed by atoms with Crippen LogP contribution in [-0.2, 0) is 6.42 Å². The summed E-state index contributed by atoms with van der Waals surface area (Å²) >= 11 is 0. The lowest BCUT2D eigenvalue weighted by Gasteiger charge is -2.12. The Bertz CT molecular complexity index is 552. The molecule has 0 spiro atoms. The van der Waals surface area contributed by atoms with E-state index >= 15 is 0 Å². The van der Waals surface area contributed by atoms with Crippen molar-refractivity contribution in [2.75, 3.05) is 18.9 Å². The van der Waals surface area contributed by atoms with Crippen LogP contribution in [-0.4, -0.2) is 18.3 Å². The molecule has 0 fully saturated rings. The molecule has 2 rings (SSSR count). The highest BCUT2D eigenvalue weighted by atomic mass is 16.5. The first-order valence-electron chi connectivity index (χ1n) is 6.63. The first-order valence-corrected chi connectivity index (χ1v) is 6.63. The van der Waals surface area contributed by atoms with Gasteiger partial charge < -0.3 is 20.3 Å². The Hall–Kier alpha value is -2.20. The van der Waals surface area contributed by atoms with E-state index in [1.807, 2.05) is 43.3 Å². The molecular weight excluding hydrogens is 254 g/mol. The molecule has 0 aromatic heterocycles. The van der Waals surface area contributed by atoms with Gasteiger partial charge in [-0.25, -0.2) is 0 Å². The zero-order valence-corrected chi connectivity index (χ0v) is 11.5. The SMILES string of the molecule is CCOc1cccc(Oc2ccc(CCO)cc2)c1N. The molecule has 0 bridgehead atoms. The highest BCUT2D eigenvalue weighted by Gasteiger charge is 2.07. The molecule has 0 aliphatic rings. The molecule has 0 unspecified atom stereocenters. The van der Waals surface area contributed by atoms with E-state index in [0.717, 1.165) is 5.56 Å². The highest BCUT2D eigenvalue weighted by molar-refractivity contribution is 5.63.